The Kier molecular flexibility index (Phi) is 7.03. The van der Waals surface area contributed by atoms with Crippen LogP contribution in [0, 0.1) is 0 Å². The number of benzene rings is 1. The van der Waals surface area contributed by atoms with Gasteiger partial charge in [0.15, 0.2) is 0 Å². The lowest BCUT2D eigenvalue weighted by Crippen LogP contribution is -2.55. The molecule has 2 amide bonds. The van der Waals surface area contributed by atoms with Crippen LogP contribution in [0.1, 0.15) is 45.6 Å². The molecule has 0 spiro atoms. The van der Waals surface area contributed by atoms with Crippen molar-refractivity contribution in [2.75, 3.05) is 20.1 Å². The molecule has 0 aliphatic carbocycles. The molecule has 0 aromatic heterocycles. The average Bonchev–Trinajstić information content (AvgIpc) is 2.59. The van der Waals surface area contributed by atoms with Crippen LogP contribution in [0.25, 0.3) is 0 Å². The van der Waals surface area contributed by atoms with E-state index >= 15 is 0 Å². The molecule has 0 bridgehead atoms. The molecule has 26 heavy (non-hydrogen) atoms. The molecule has 1 heterocycles. The van der Waals surface area contributed by atoms with Crippen LogP contribution < -0.4 is 5.43 Å². The zero-order valence-corrected chi connectivity index (χ0v) is 16.3. The number of nitrogens with zero attached hydrogens (tertiary/aromatic N) is 2. The van der Waals surface area contributed by atoms with Gasteiger partial charge in [-0.05, 0) is 39.2 Å². The van der Waals surface area contributed by atoms with E-state index in [0.29, 0.717) is 6.42 Å². The Balaban J connectivity index is 2.11. The Morgan fingerprint density at radius 3 is 2.35 bits per heavy atom. The lowest BCUT2D eigenvalue weighted by atomic mass is 10.0. The average molecular weight is 361 g/mol. The van der Waals surface area contributed by atoms with Crippen molar-refractivity contribution in [3.05, 3.63) is 35.9 Å². The first-order chi connectivity index (χ1) is 12.3. The molecular formula is C20H31N3O3. The number of amides is 2. The highest BCUT2D eigenvalue weighted by molar-refractivity contribution is 5.85. The number of carbonyl (C=O) groups excluding carboxylic acids is 2. The SMILES string of the molecule is CN(C(=O)OC(C)(C)C)[C@H](Cc1ccccc1)C(=O)NN1CCCCC1. The van der Waals surface area contributed by atoms with Crippen LogP contribution in [-0.2, 0) is 16.0 Å². The van der Waals surface area contributed by atoms with Crippen LogP contribution in [0.5, 0.6) is 0 Å². The molecule has 0 radical (unpaired) electrons. The smallest absolute Gasteiger partial charge is 0.410 e. The summed E-state index contributed by atoms with van der Waals surface area (Å²) in [6, 6.07) is 9.09. The highest BCUT2D eigenvalue weighted by Crippen LogP contribution is 2.15. The number of carbonyl (C=O) groups is 2. The minimum Gasteiger partial charge on any atom is -0.444 e. The Morgan fingerprint density at radius 1 is 1.15 bits per heavy atom. The summed E-state index contributed by atoms with van der Waals surface area (Å²) in [7, 11) is 1.62. The normalized spacial score (nSPS) is 16.6. The second-order valence-electron chi connectivity index (χ2n) is 7.82. The first-order valence-electron chi connectivity index (χ1n) is 9.31. The highest BCUT2D eigenvalue weighted by atomic mass is 16.6. The van der Waals surface area contributed by atoms with Crippen LogP contribution in [0.4, 0.5) is 4.79 Å². The van der Waals surface area contributed by atoms with E-state index < -0.39 is 17.7 Å². The van der Waals surface area contributed by atoms with Gasteiger partial charge in [0.25, 0.3) is 5.91 Å². The fraction of sp³-hybridized carbons (Fsp3) is 0.600. The molecule has 1 aliphatic heterocycles. The summed E-state index contributed by atoms with van der Waals surface area (Å²) in [5.41, 5.74) is 3.38. The molecule has 1 aromatic rings. The van der Waals surface area contributed by atoms with Crippen molar-refractivity contribution in [3.63, 3.8) is 0 Å². The monoisotopic (exact) mass is 361 g/mol. The van der Waals surface area contributed by atoms with Gasteiger partial charge < -0.3 is 4.74 Å². The molecule has 1 aromatic carbocycles. The molecule has 144 valence electrons. The quantitative estimate of drug-likeness (QED) is 0.876. The summed E-state index contributed by atoms with van der Waals surface area (Å²) in [5.74, 6) is -0.177. The zero-order valence-electron chi connectivity index (χ0n) is 16.3. The van der Waals surface area contributed by atoms with Gasteiger partial charge in [-0.15, -0.1) is 0 Å². The Morgan fingerprint density at radius 2 is 1.77 bits per heavy atom. The van der Waals surface area contributed by atoms with Gasteiger partial charge in [-0.25, -0.2) is 9.80 Å². The van der Waals surface area contributed by atoms with Gasteiger partial charge in [0, 0.05) is 26.6 Å². The van der Waals surface area contributed by atoms with Crippen LogP contribution in [0.2, 0.25) is 0 Å². The number of hydrazine groups is 1. The Labute approximate surface area is 156 Å². The maximum absolute atomic E-state index is 12.9. The van der Waals surface area contributed by atoms with E-state index in [9.17, 15) is 9.59 Å². The van der Waals surface area contributed by atoms with Crippen molar-refractivity contribution in [1.82, 2.24) is 15.3 Å². The summed E-state index contributed by atoms with van der Waals surface area (Å²) in [6.07, 6.45) is 3.29. The number of hydrogen-bond acceptors (Lipinski definition) is 4. The zero-order chi connectivity index (χ0) is 19.2. The number of hydrogen-bond donors (Lipinski definition) is 1. The van der Waals surface area contributed by atoms with E-state index in [4.69, 9.17) is 4.74 Å². The largest absolute Gasteiger partial charge is 0.444 e. The first-order valence-corrected chi connectivity index (χ1v) is 9.31. The highest BCUT2D eigenvalue weighted by Gasteiger charge is 2.31. The van der Waals surface area contributed by atoms with Gasteiger partial charge in [0.05, 0.1) is 0 Å². The third-order valence-electron chi connectivity index (χ3n) is 4.35. The minimum atomic E-state index is -0.630. The number of rotatable bonds is 5. The fourth-order valence-electron chi connectivity index (χ4n) is 2.94. The van der Waals surface area contributed by atoms with Crippen molar-refractivity contribution in [1.29, 1.82) is 0 Å². The predicted molar refractivity (Wildman–Crippen MR) is 101 cm³/mol. The van der Waals surface area contributed by atoms with Gasteiger partial charge in [0.1, 0.15) is 11.6 Å². The van der Waals surface area contributed by atoms with E-state index in [1.165, 1.54) is 11.3 Å². The molecular weight excluding hydrogens is 330 g/mol. The molecule has 1 fully saturated rings. The molecule has 1 saturated heterocycles. The Bertz CT molecular complexity index is 592. The summed E-state index contributed by atoms with van der Waals surface area (Å²) in [4.78, 5) is 26.8. The van der Waals surface area contributed by atoms with Crippen molar-refractivity contribution >= 4 is 12.0 Å². The van der Waals surface area contributed by atoms with Crippen LogP contribution in [0.15, 0.2) is 30.3 Å². The van der Waals surface area contributed by atoms with Crippen LogP contribution in [-0.4, -0.2) is 53.7 Å². The van der Waals surface area contributed by atoms with E-state index in [2.05, 4.69) is 5.43 Å². The summed E-state index contributed by atoms with van der Waals surface area (Å²) < 4.78 is 5.45. The third kappa shape index (κ3) is 6.33. The number of likely N-dealkylation sites (N-methyl/N-ethyl adjacent to an activating group) is 1. The van der Waals surface area contributed by atoms with E-state index in [1.54, 1.807) is 7.05 Å². The van der Waals surface area contributed by atoms with Gasteiger partial charge in [-0.1, -0.05) is 36.8 Å². The van der Waals surface area contributed by atoms with Crippen LogP contribution >= 0.6 is 0 Å². The predicted octanol–water partition coefficient (Wildman–Crippen LogP) is 2.98. The molecule has 1 N–H and O–H groups in total. The Hall–Kier alpha value is -2.08. The molecule has 6 heteroatoms. The molecule has 0 saturated carbocycles. The number of nitrogens with one attached hydrogen (secondary N) is 1. The van der Waals surface area contributed by atoms with Crippen molar-refractivity contribution in [2.45, 2.75) is 58.1 Å². The first kappa shape index (κ1) is 20.2. The molecule has 1 atom stereocenters. The van der Waals surface area contributed by atoms with Gasteiger partial charge in [-0.2, -0.15) is 0 Å². The van der Waals surface area contributed by atoms with Crippen molar-refractivity contribution in [3.8, 4) is 0 Å². The molecule has 1 aliphatic rings. The maximum Gasteiger partial charge on any atom is 0.410 e. The van der Waals surface area contributed by atoms with E-state index in [0.717, 1.165) is 31.5 Å². The molecule has 0 unspecified atom stereocenters. The van der Waals surface area contributed by atoms with Crippen LogP contribution in [0.3, 0.4) is 0 Å². The molecule has 2 rings (SSSR count). The summed E-state index contributed by atoms with van der Waals surface area (Å²) >= 11 is 0. The summed E-state index contributed by atoms with van der Waals surface area (Å²) in [5, 5.41) is 1.95. The summed E-state index contributed by atoms with van der Waals surface area (Å²) in [6.45, 7) is 7.15. The van der Waals surface area contributed by atoms with Gasteiger partial charge in [0.2, 0.25) is 0 Å². The lowest BCUT2D eigenvalue weighted by molar-refractivity contribution is -0.131. The van der Waals surface area contributed by atoms with Crippen molar-refractivity contribution in [2.24, 2.45) is 0 Å². The maximum atomic E-state index is 12.9. The van der Waals surface area contributed by atoms with Gasteiger partial charge >= 0.3 is 6.09 Å². The van der Waals surface area contributed by atoms with Gasteiger partial charge in [-0.3, -0.25) is 15.1 Å². The van der Waals surface area contributed by atoms with E-state index in [1.807, 2.05) is 56.1 Å². The standard InChI is InChI=1S/C20H31N3O3/c1-20(2,3)26-19(25)22(4)17(15-16-11-7-5-8-12-16)18(24)21-23-13-9-6-10-14-23/h5,7-8,11-12,17H,6,9-10,13-15H2,1-4H3,(H,21,24)/t17-/m1/s1. The molecule has 6 nitrogen and oxygen atoms in total. The van der Waals surface area contributed by atoms with Crippen molar-refractivity contribution < 1.29 is 14.3 Å². The van der Waals surface area contributed by atoms with E-state index in [-0.39, 0.29) is 5.91 Å². The topological polar surface area (TPSA) is 61.9 Å². The third-order valence-corrected chi connectivity index (χ3v) is 4.35. The lowest BCUT2D eigenvalue weighted by Gasteiger charge is -2.33. The minimum absolute atomic E-state index is 0.177. The fourth-order valence-corrected chi connectivity index (χ4v) is 2.94. The second kappa shape index (κ2) is 9.03. The second-order valence-corrected chi connectivity index (χ2v) is 7.82. The number of piperidine rings is 1. The number of ether oxygens (including phenoxy) is 1.